The van der Waals surface area contributed by atoms with Crippen molar-refractivity contribution in [3.05, 3.63) is 202 Å². The highest BCUT2D eigenvalue weighted by Gasteiger charge is 2.38. The standard InChI is InChI=1S/C50H31Cl2F6N5/c51-40-21-10-19-37-44(46(60-62-47(37)40)31-14-5-2-6-15-31)32-16-9-17-35(28-32)63(29-33-27-34(49(53,54)55)24-25-39(33)50(56,57)58)43-23-8-7-18-36(43)45-38-20-11-22-41(52)48(38)61-59-42(45)26-30-12-3-1-4-13-30/h1-25,27-28H,26,29H2. The predicted octanol–water partition coefficient (Wildman–Crippen LogP) is 14.8. The number of hydrogen-bond acceptors (Lipinski definition) is 5. The van der Waals surface area contributed by atoms with Crippen molar-refractivity contribution >= 4 is 56.4 Å². The fourth-order valence-electron chi connectivity index (χ4n) is 7.95. The van der Waals surface area contributed by atoms with Crippen molar-refractivity contribution in [1.82, 2.24) is 20.4 Å². The van der Waals surface area contributed by atoms with Gasteiger partial charge in [0, 0.05) is 57.4 Å². The molecule has 312 valence electrons. The molecular formula is C50H31Cl2F6N5. The molecule has 0 unspecified atom stereocenters. The van der Waals surface area contributed by atoms with Crippen LogP contribution in [0.15, 0.2) is 164 Å². The van der Waals surface area contributed by atoms with Gasteiger partial charge in [-0.1, -0.05) is 138 Å². The van der Waals surface area contributed by atoms with E-state index in [-0.39, 0.29) is 0 Å². The molecule has 0 fully saturated rings. The molecule has 9 rings (SSSR count). The molecule has 0 bridgehead atoms. The molecule has 0 N–H and O–H groups in total. The number of hydrogen-bond donors (Lipinski definition) is 0. The van der Waals surface area contributed by atoms with E-state index < -0.39 is 35.6 Å². The third kappa shape index (κ3) is 8.29. The smallest absolute Gasteiger partial charge is 0.336 e. The molecule has 0 atom stereocenters. The molecular weight excluding hydrogens is 855 g/mol. The summed E-state index contributed by atoms with van der Waals surface area (Å²) >= 11 is 13.4. The number of aromatic nitrogens is 4. The maximum Gasteiger partial charge on any atom is 0.416 e. The molecule has 0 amide bonds. The maximum absolute atomic E-state index is 14.9. The monoisotopic (exact) mass is 885 g/mol. The van der Waals surface area contributed by atoms with Gasteiger partial charge in [-0.15, -0.1) is 15.3 Å². The van der Waals surface area contributed by atoms with Crippen molar-refractivity contribution < 1.29 is 26.3 Å². The number of para-hydroxylation sites is 1. The Bertz CT molecular complexity index is 3140. The van der Waals surface area contributed by atoms with Crippen molar-refractivity contribution in [2.24, 2.45) is 0 Å². The van der Waals surface area contributed by atoms with Gasteiger partial charge in [0.1, 0.15) is 16.7 Å². The van der Waals surface area contributed by atoms with Crippen LogP contribution in [0, 0.1) is 0 Å². The highest BCUT2D eigenvalue weighted by molar-refractivity contribution is 6.36. The molecule has 0 aliphatic rings. The predicted molar refractivity (Wildman–Crippen MR) is 237 cm³/mol. The van der Waals surface area contributed by atoms with Gasteiger partial charge >= 0.3 is 12.4 Å². The molecule has 13 heteroatoms. The Balaban J connectivity index is 1.32. The minimum atomic E-state index is -4.98. The van der Waals surface area contributed by atoms with Crippen LogP contribution in [0.3, 0.4) is 0 Å². The summed E-state index contributed by atoms with van der Waals surface area (Å²) in [6.45, 7) is -0.628. The van der Waals surface area contributed by atoms with Crippen molar-refractivity contribution in [1.29, 1.82) is 0 Å². The molecule has 9 aromatic rings. The van der Waals surface area contributed by atoms with Crippen LogP contribution in [0.2, 0.25) is 10.0 Å². The minimum Gasteiger partial charge on any atom is -0.336 e. The van der Waals surface area contributed by atoms with Crippen molar-refractivity contribution in [2.45, 2.75) is 25.3 Å². The fourth-order valence-corrected chi connectivity index (χ4v) is 8.37. The van der Waals surface area contributed by atoms with Crippen LogP contribution >= 0.6 is 23.2 Å². The number of rotatable bonds is 9. The fraction of sp³-hybridized carbons (Fsp3) is 0.0800. The van der Waals surface area contributed by atoms with Gasteiger partial charge in [-0.25, -0.2) is 0 Å². The molecule has 0 aliphatic heterocycles. The molecule has 7 aromatic carbocycles. The lowest BCUT2D eigenvalue weighted by Gasteiger charge is -2.30. The van der Waals surface area contributed by atoms with E-state index in [2.05, 4.69) is 20.4 Å². The minimum absolute atomic E-state index is 0.328. The van der Waals surface area contributed by atoms with Crippen LogP contribution in [-0.4, -0.2) is 20.4 Å². The van der Waals surface area contributed by atoms with Crippen LogP contribution in [0.1, 0.15) is 27.9 Å². The van der Waals surface area contributed by atoms with Gasteiger partial charge in [0.05, 0.1) is 26.9 Å². The van der Waals surface area contributed by atoms with Crippen LogP contribution in [0.25, 0.3) is 55.3 Å². The van der Waals surface area contributed by atoms with E-state index in [1.54, 1.807) is 65.6 Å². The lowest BCUT2D eigenvalue weighted by molar-refractivity contribution is -0.141. The number of halogens is 8. The quantitative estimate of drug-likeness (QED) is 0.135. The van der Waals surface area contributed by atoms with Crippen LogP contribution in [-0.2, 0) is 25.3 Å². The zero-order valence-electron chi connectivity index (χ0n) is 32.8. The Hall–Kier alpha value is -6.82. The van der Waals surface area contributed by atoms with Gasteiger partial charge in [0.25, 0.3) is 0 Å². The average Bonchev–Trinajstić information content (AvgIpc) is 3.28. The zero-order chi connectivity index (χ0) is 43.9. The van der Waals surface area contributed by atoms with E-state index in [9.17, 15) is 26.3 Å². The third-order valence-corrected chi connectivity index (χ3v) is 11.4. The van der Waals surface area contributed by atoms with Gasteiger partial charge in [-0.3, -0.25) is 0 Å². The second kappa shape index (κ2) is 16.8. The molecule has 2 aromatic heterocycles. The van der Waals surface area contributed by atoms with E-state index in [1.165, 1.54) is 0 Å². The first-order chi connectivity index (χ1) is 30.3. The van der Waals surface area contributed by atoms with Gasteiger partial charge in [-0.2, -0.15) is 31.4 Å². The Morgan fingerprint density at radius 1 is 0.508 bits per heavy atom. The lowest BCUT2D eigenvalue weighted by atomic mass is 9.93. The summed E-state index contributed by atoms with van der Waals surface area (Å²) in [4.78, 5) is 1.60. The molecule has 0 saturated carbocycles. The van der Waals surface area contributed by atoms with Crippen molar-refractivity contribution in [3.63, 3.8) is 0 Å². The number of anilines is 2. The highest BCUT2D eigenvalue weighted by atomic mass is 35.5. The average molecular weight is 887 g/mol. The molecule has 0 saturated heterocycles. The Kier molecular flexibility index (Phi) is 11.1. The molecule has 2 heterocycles. The summed E-state index contributed by atoms with van der Waals surface area (Å²) in [7, 11) is 0. The summed E-state index contributed by atoms with van der Waals surface area (Å²) in [5, 5.41) is 20.2. The van der Waals surface area contributed by atoms with Gasteiger partial charge in [0.15, 0.2) is 0 Å². The first-order valence-electron chi connectivity index (χ1n) is 19.6. The Morgan fingerprint density at radius 3 is 1.79 bits per heavy atom. The van der Waals surface area contributed by atoms with Gasteiger partial charge < -0.3 is 4.90 Å². The van der Waals surface area contributed by atoms with Crippen LogP contribution < -0.4 is 4.90 Å². The normalized spacial score (nSPS) is 11.9. The Labute approximate surface area is 367 Å². The molecule has 63 heavy (non-hydrogen) atoms. The summed E-state index contributed by atoms with van der Waals surface area (Å²) in [5.74, 6) is 0. The van der Waals surface area contributed by atoms with E-state index in [0.29, 0.717) is 101 Å². The SMILES string of the molecule is FC(F)(F)c1ccc(C(F)(F)F)c(CN(c2cccc(-c3c(-c4ccccc4)nnc4c(Cl)cccc34)c2)c2ccccc2-c2c(Cc3ccccc3)nnc3c(Cl)cccc23)c1. The highest BCUT2D eigenvalue weighted by Crippen LogP contribution is 2.45. The first kappa shape index (κ1) is 41.5. The van der Waals surface area contributed by atoms with E-state index >= 15 is 0 Å². The second-order valence-corrected chi connectivity index (χ2v) is 15.6. The number of fused-ring (bicyclic) bond motifs is 2. The van der Waals surface area contributed by atoms with Crippen molar-refractivity contribution in [3.8, 4) is 33.5 Å². The summed E-state index contributed by atoms with van der Waals surface area (Å²) in [6.07, 6.45) is -9.57. The lowest BCUT2D eigenvalue weighted by Crippen LogP contribution is -2.22. The van der Waals surface area contributed by atoms with Crippen molar-refractivity contribution in [2.75, 3.05) is 4.90 Å². The van der Waals surface area contributed by atoms with Crippen LogP contribution in [0.4, 0.5) is 37.7 Å². The summed E-state index contributed by atoms with van der Waals surface area (Å²) in [6, 6.07) is 45.2. The zero-order valence-corrected chi connectivity index (χ0v) is 34.3. The number of nitrogens with zero attached hydrogens (tertiary/aromatic N) is 5. The molecule has 0 aliphatic carbocycles. The number of alkyl halides is 6. The summed E-state index contributed by atoms with van der Waals surface area (Å²) < 4.78 is 87.5. The van der Waals surface area contributed by atoms with E-state index in [0.717, 1.165) is 11.1 Å². The third-order valence-electron chi connectivity index (χ3n) is 10.8. The Morgan fingerprint density at radius 2 is 1.11 bits per heavy atom. The first-order valence-corrected chi connectivity index (χ1v) is 20.3. The van der Waals surface area contributed by atoms with E-state index in [1.807, 2.05) is 84.9 Å². The largest absolute Gasteiger partial charge is 0.416 e. The molecule has 0 radical (unpaired) electrons. The second-order valence-electron chi connectivity index (χ2n) is 14.8. The molecule has 0 spiro atoms. The van der Waals surface area contributed by atoms with Crippen LogP contribution in [0.5, 0.6) is 0 Å². The van der Waals surface area contributed by atoms with Gasteiger partial charge in [-0.05, 0) is 65.2 Å². The summed E-state index contributed by atoms with van der Waals surface area (Å²) in [5.41, 5.74) is 3.69. The maximum atomic E-state index is 14.9. The molecule has 5 nitrogen and oxygen atoms in total. The topological polar surface area (TPSA) is 54.8 Å². The van der Waals surface area contributed by atoms with Gasteiger partial charge in [0.2, 0.25) is 0 Å². The number of benzene rings is 7. The van der Waals surface area contributed by atoms with E-state index in [4.69, 9.17) is 23.2 Å².